The number of benzene rings is 2. The second kappa shape index (κ2) is 6.59. The summed E-state index contributed by atoms with van der Waals surface area (Å²) in [6, 6.07) is 11.8. The van der Waals surface area contributed by atoms with Crippen LogP contribution in [0.1, 0.15) is 22.3 Å². The molecule has 21 heavy (non-hydrogen) atoms. The van der Waals surface area contributed by atoms with E-state index in [1.807, 2.05) is 12.1 Å². The lowest BCUT2D eigenvalue weighted by Crippen LogP contribution is -2.10. The Morgan fingerprint density at radius 2 is 1.81 bits per heavy atom. The molecule has 0 aliphatic carbocycles. The molecule has 0 bridgehead atoms. The summed E-state index contributed by atoms with van der Waals surface area (Å²) in [5, 5.41) is 0. The Balaban J connectivity index is 2.21. The van der Waals surface area contributed by atoms with Crippen LogP contribution in [-0.4, -0.2) is 12.1 Å². The van der Waals surface area contributed by atoms with Crippen LogP contribution in [-0.2, 0) is 6.61 Å². The summed E-state index contributed by atoms with van der Waals surface area (Å²) in [5.41, 5.74) is 10.00. The van der Waals surface area contributed by atoms with Crippen LogP contribution < -0.4 is 15.2 Å². The minimum absolute atomic E-state index is 0.325. The lowest BCUT2D eigenvalue weighted by Gasteiger charge is -2.12. The van der Waals surface area contributed by atoms with Crippen molar-refractivity contribution in [1.82, 2.24) is 0 Å². The molecule has 4 heteroatoms. The molecule has 0 atom stereocenters. The molecule has 0 fully saturated rings. The predicted molar refractivity (Wildman–Crippen MR) is 89.1 cm³/mol. The minimum atomic E-state index is 0.325. The van der Waals surface area contributed by atoms with Crippen molar-refractivity contribution in [3.63, 3.8) is 0 Å². The van der Waals surface area contributed by atoms with Gasteiger partial charge in [0.15, 0.2) is 0 Å². The molecular weight excluding hydrogens is 282 g/mol. The zero-order chi connectivity index (χ0) is 15.4. The topological polar surface area (TPSA) is 44.5 Å². The molecular formula is C17H19NO2S. The second-order valence-corrected chi connectivity index (χ2v) is 5.42. The number of nitrogens with two attached hydrogens (primary N) is 1. The number of ether oxygens (including phenoxy) is 2. The van der Waals surface area contributed by atoms with Crippen LogP contribution in [0.3, 0.4) is 0 Å². The fourth-order valence-corrected chi connectivity index (χ4v) is 2.15. The zero-order valence-electron chi connectivity index (χ0n) is 12.5. The lowest BCUT2D eigenvalue weighted by atomic mass is 10.1. The Morgan fingerprint density at radius 3 is 2.48 bits per heavy atom. The molecule has 0 aliphatic rings. The quantitative estimate of drug-likeness (QED) is 0.858. The van der Waals surface area contributed by atoms with E-state index in [1.165, 1.54) is 11.1 Å². The highest BCUT2D eigenvalue weighted by atomic mass is 32.1. The van der Waals surface area contributed by atoms with Gasteiger partial charge in [-0.3, -0.25) is 0 Å². The molecule has 2 aromatic rings. The first kappa shape index (κ1) is 15.3. The van der Waals surface area contributed by atoms with Crippen molar-refractivity contribution in [2.45, 2.75) is 20.5 Å². The molecule has 0 amide bonds. The van der Waals surface area contributed by atoms with Gasteiger partial charge in [-0.25, -0.2) is 0 Å². The van der Waals surface area contributed by atoms with Crippen LogP contribution >= 0.6 is 12.2 Å². The Kier molecular flexibility index (Phi) is 4.81. The molecule has 0 unspecified atom stereocenters. The van der Waals surface area contributed by atoms with E-state index < -0.39 is 0 Å². The first-order valence-electron chi connectivity index (χ1n) is 6.67. The SMILES string of the molecule is COc1cc(OCc2cc(C)ccc2C)cc(C(N)=S)c1. The van der Waals surface area contributed by atoms with E-state index in [0.717, 1.165) is 11.1 Å². The van der Waals surface area contributed by atoms with E-state index in [9.17, 15) is 0 Å². The Bertz CT molecular complexity index is 668. The molecule has 0 spiro atoms. The smallest absolute Gasteiger partial charge is 0.124 e. The summed E-state index contributed by atoms with van der Waals surface area (Å²) in [6.45, 7) is 4.64. The molecule has 2 N–H and O–H groups in total. The van der Waals surface area contributed by atoms with E-state index in [2.05, 4.69) is 32.0 Å². The third-order valence-electron chi connectivity index (χ3n) is 3.30. The van der Waals surface area contributed by atoms with Crippen LogP contribution in [0, 0.1) is 13.8 Å². The van der Waals surface area contributed by atoms with Crippen LogP contribution in [0.5, 0.6) is 11.5 Å². The van der Waals surface area contributed by atoms with Gasteiger partial charge in [0.05, 0.1) is 7.11 Å². The molecule has 0 aliphatic heterocycles. The summed E-state index contributed by atoms with van der Waals surface area (Å²) in [4.78, 5) is 0.325. The van der Waals surface area contributed by atoms with Crippen molar-refractivity contribution in [3.05, 3.63) is 58.7 Å². The van der Waals surface area contributed by atoms with E-state index in [0.29, 0.717) is 23.1 Å². The fraction of sp³-hybridized carbons (Fsp3) is 0.235. The van der Waals surface area contributed by atoms with Crippen molar-refractivity contribution < 1.29 is 9.47 Å². The van der Waals surface area contributed by atoms with Gasteiger partial charge in [-0.2, -0.15) is 0 Å². The number of aryl methyl sites for hydroxylation is 2. The van der Waals surface area contributed by atoms with Gasteiger partial charge < -0.3 is 15.2 Å². The summed E-state index contributed by atoms with van der Waals surface area (Å²) in [6.07, 6.45) is 0. The van der Waals surface area contributed by atoms with Gasteiger partial charge in [-0.1, -0.05) is 36.0 Å². The average Bonchev–Trinajstić information content (AvgIpc) is 2.47. The fourth-order valence-electron chi connectivity index (χ4n) is 2.03. The van der Waals surface area contributed by atoms with E-state index in [1.54, 1.807) is 13.2 Å². The van der Waals surface area contributed by atoms with E-state index in [-0.39, 0.29) is 0 Å². The lowest BCUT2D eigenvalue weighted by molar-refractivity contribution is 0.303. The predicted octanol–water partition coefficient (Wildman–Crippen LogP) is 3.53. The first-order valence-corrected chi connectivity index (χ1v) is 7.08. The van der Waals surface area contributed by atoms with Crippen molar-refractivity contribution in [2.75, 3.05) is 7.11 Å². The molecule has 2 rings (SSSR count). The second-order valence-electron chi connectivity index (χ2n) is 4.98. The van der Waals surface area contributed by atoms with Crippen molar-refractivity contribution >= 4 is 17.2 Å². The maximum atomic E-state index is 5.87. The number of thiocarbonyl (C=S) groups is 1. The minimum Gasteiger partial charge on any atom is -0.497 e. The normalized spacial score (nSPS) is 10.2. The van der Waals surface area contributed by atoms with Gasteiger partial charge in [0, 0.05) is 11.6 Å². The van der Waals surface area contributed by atoms with Gasteiger partial charge in [0.25, 0.3) is 0 Å². The maximum absolute atomic E-state index is 5.87. The van der Waals surface area contributed by atoms with Crippen LogP contribution in [0.2, 0.25) is 0 Å². The van der Waals surface area contributed by atoms with Crippen molar-refractivity contribution in [3.8, 4) is 11.5 Å². The zero-order valence-corrected chi connectivity index (χ0v) is 13.3. The van der Waals surface area contributed by atoms with Crippen LogP contribution in [0.25, 0.3) is 0 Å². The molecule has 0 saturated carbocycles. The molecule has 0 aromatic heterocycles. The van der Waals surface area contributed by atoms with Gasteiger partial charge in [0.1, 0.15) is 23.1 Å². The highest BCUT2D eigenvalue weighted by Gasteiger charge is 2.06. The Hall–Kier alpha value is -2.07. The van der Waals surface area contributed by atoms with Crippen LogP contribution in [0.15, 0.2) is 36.4 Å². The number of rotatable bonds is 5. The van der Waals surface area contributed by atoms with E-state index >= 15 is 0 Å². The van der Waals surface area contributed by atoms with Crippen molar-refractivity contribution in [2.24, 2.45) is 5.73 Å². The molecule has 110 valence electrons. The summed E-state index contributed by atoms with van der Waals surface area (Å²) < 4.78 is 11.1. The third-order valence-corrected chi connectivity index (χ3v) is 3.53. The van der Waals surface area contributed by atoms with E-state index in [4.69, 9.17) is 27.4 Å². The maximum Gasteiger partial charge on any atom is 0.124 e. The number of hydrogen-bond acceptors (Lipinski definition) is 3. The highest BCUT2D eigenvalue weighted by molar-refractivity contribution is 7.80. The Morgan fingerprint density at radius 1 is 1.10 bits per heavy atom. The molecule has 0 saturated heterocycles. The van der Waals surface area contributed by atoms with Crippen LogP contribution in [0.4, 0.5) is 0 Å². The number of methoxy groups -OCH3 is 1. The monoisotopic (exact) mass is 301 g/mol. The number of hydrogen-bond donors (Lipinski definition) is 1. The highest BCUT2D eigenvalue weighted by Crippen LogP contribution is 2.24. The third kappa shape index (κ3) is 3.95. The molecule has 0 heterocycles. The largest absolute Gasteiger partial charge is 0.497 e. The standard InChI is InChI=1S/C17H19NO2S/c1-11-4-5-12(2)14(6-11)10-20-16-8-13(17(18)21)7-15(9-16)19-3/h4-9H,10H2,1-3H3,(H2,18,21). The van der Waals surface area contributed by atoms with Gasteiger partial charge in [0.2, 0.25) is 0 Å². The van der Waals surface area contributed by atoms with Gasteiger partial charge in [-0.15, -0.1) is 0 Å². The van der Waals surface area contributed by atoms with Crippen molar-refractivity contribution in [1.29, 1.82) is 0 Å². The average molecular weight is 301 g/mol. The summed E-state index contributed by atoms with van der Waals surface area (Å²) in [7, 11) is 1.60. The Labute approximate surface area is 130 Å². The summed E-state index contributed by atoms with van der Waals surface area (Å²) >= 11 is 5.01. The first-order chi connectivity index (χ1) is 9.99. The molecule has 2 aromatic carbocycles. The molecule has 0 radical (unpaired) electrons. The molecule has 3 nitrogen and oxygen atoms in total. The summed E-state index contributed by atoms with van der Waals surface area (Å²) in [5.74, 6) is 1.37. The van der Waals surface area contributed by atoms with Gasteiger partial charge in [-0.05, 0) is 37.1 Å². The van der Waals surface area contributed by atoms with Gasteiger partial charge >= 0.3 is 0 Å².